The van der Waals surface area contributed by atoms with Crippen molar-refractivity contribution in [3.8, 4) is 6.07 Å². The molecule has 0 bridgehead atoms. The van der Waals surface area contributed by atoms with Crippen LogP contribution in [0.4, 0.5) is 0 Å². The van der Waals surface area contributed by atoms with E-state index in [9.17, 15) is 0 Å². The lowest BCUT2D eigenvalue weighted by Crippen LogP contribution is -2.30. The number of benzene rings is 1. The fraction of sp³-hybridized carbons (Fsp3) is 0.462. The highest BCUT2D eigenvalue weighted by atomic mass is 15.1. The third-order valence-electron chi connectivity index (χ3n) is 3.17. The molecule has 78 valence electrons. The molecule has 0 aromatic heterocycles. The summed E-state index contributed by atoms with van der Waals surface area (Å²) < 4.78 is 0. The van der Waals surface area contributed by atoms with E-state index in [1.54, 1.807) is 0 Å². The molecule has 15 heavy (non-hydrogen) atoms. The number of likely N-dealkylation sites (N-methyl/N-ethyl adjacent to an activating group) is 1. The summed E-state index contributed by atoms with van der Waals surface area (Å²) in [6, 6.07) is 8.61. The number of rotatable bonds is 2. The van der Waals surface area contributed by atoms with E-state index in [2.05, 4.69) is 36.1 Å². The second-order valence-electron chi connectivity index (χ2n) is 4.01. The molecule has 0 fully saturated rings. The first-order chi connectivity index (χ1) is 7.35. The zero-order chi connectivity index (χ0) is 10.7. The summed E-state index contributed by atoms with van der Waals surface area (Å²) >= 11 is 0. The zero-order valence-corrected chi connectivity index (χ0v) is 9.16. The van der Waals surface area contributed by atoms with E-state index in [1.165, 1.54) is 16.7 Å². The molecule has 2 heteroatoms. The van der Waals surface area contributed by atoms with Crippen molar-refractivity contribution in [2.45, 2.75) is 26.3 Å². The van der Waals surface area contributed by atoms with Gasteiger partial charge in [-0.05, 0) is 29.7 Å². The fourth-order valence-corrected chi connectivity index (χ4v) is 2.23. The van der Waals surface area contributed by atoms with Crippen LogP contribution in [0.25, 0.3) is 0 Å². The molecule has 0 amide bonds. The van der Waals surface area contributed by atoms with Gasteiger partial charge in [-0.1, -0.05) is 25.1 Å². The van der Waals surface area contributed by atoms with Gasteiger partial charge in [0.1, 0.15) is 0 Å². The van der Waals surface area contributed by atoms with Gasteiger partial charge in [-0.2, -0.15) is 5.26 Å². The Morgan fingerprint density at radius 3 is 3.07 bits per heavy atom. The molecular formula is C13H16N2. The van der Waals surface area contributed by atoms with E-state index >= 15 is 0 Å². The minimum absolute atomic E-state index is 0.542. The van der Waals surface area contributed by atoms with Crippen molar-refractivity contribution in [1.82, 2.24) is 4.90 Å². The smallest absolute Gasteiger partial charge is 0.0669 e. The SMILES string of the molecule is CCN1CCc2cccc(CC#N)c2C1. The molecule has 0 unspecified atom stereocenters. The van der Waals surface area contributed by atoms with Crippen molar-refractivity contribution < 1.29 is 0 Å². The first-order valence-electron chi connectivity index (χ1n) is 5.54. The summed E-state index contributed by atoms with van der Waals surface area (Å²) in [6.45, 7) is 5.46. The standard InChI is InChI=1S/C13H16N2/c1-2-15-9-7-12-5-3-4-11(6-8-14)13(12)10-15/h3-5H,2,6-7,9-10H2,1H3. The van der Waals surface area contributed by atoms with Gasteiger partial charge in [0, 0.05) is 13.1 Å². The number of nitrogens with zero attached hydrogens (tertiary/aromatic N) is 2. The quantitative estimate of drug-likeness (QED) is 0.731. The van der Waals surface area contributed by atoms with Crippen LogP contribution in [0, 0.1) is 11.3 Å². The Bertz CT molecular complexity index is 390. The van der Waals surface area contributed by atoms with Gasteiger partial charge >= 0.3 is 0 Å². The minimum Gasteiger partial charge on any atom is -0.299 e. The van der Waals surface area contributed by atoms with E-state index in [-0.39, 0.29) is 0 Å². The molecule has 0 N–H and O–H groups in total. The summed E-state index contributed by atoms with van der Waals surface area (Å²) in [4.78, 5) is 2.43. The van der Waals surface area contributed by atoms with Crippen LogP contribution in [0.3, 0.4) is 0 Å². The van der Waals surface area contributed by atoms with Gasteiger partial charge in [-0.25, -0.2) is 0 Å². The molecule has 0 saturated heterocycles. The van der Waals surface area contributed by atoms with Crippen LogP contribution >= 0.6 is 0 Å². The van der Waals surface area contributed by atoms with E-state index in [0.717, 1.165) is 26.1 Å². The van der Waals surface area contributed by atoms with Gasteiger partial charge in [-0.15, -0.1) is 0 Å². The first kappa shape index (κ1) is 10.2. The van der Waals surface area contributed by atoms with Gasteiger partial charge in [0.25, 0.3) is 0 Å². The van der Waals surface area contributed by atoms with Crippen molar-refractivity contribution in [2.75, 3.05) is 13.1 Å². The van der Waals surface area contributed by atoms with E-state index in [0.29, 0.717) is 6.42 Å². The van der Waals surface area contributed by atoms with Crippen LogP contribution in [0.2, 0.25) is 0 Å². The molecule has 0 spiro atoms. The lowest BCUT2D eigenvalue weighted by molar-refractivity contribution is 0.267. The molecule has 0 atom stereocenters. The van der Waals surface area contributed by atoms with E-state index in [4.69, 9.17) is 5.26 Å². The van der Waals surface area contributed by atoms with E-state index in [1.807, 2.05) is 0 Å². The molecule has 2 rings (SSSR count). The molecule has 0 saturated carbocycles. The largest absolute Gasteiger partial charge is 0.299 e. The molecule has 2 nitrogen and oxygen atoms in total. The maximum atomic E-state index is 8.78. The minimum atomic E-state index is 0.542. The Kier molecular flexibility index (Phi) is 3.03. The van der Waals surface area contributed by atoms with Crippen LogP contribution in [-0.4, -0.2) is 18.0 Å². The van der Waals surface area contributed by atoms with Crippen molar-refractivity contribution in [3.63, 3.8) is 0 Å². The van der Waals surface area contributed by atoms with Gasteiger partial charge in [0.15, 0.2) is 0 Å². The maximum absolute atomic E-state index is 8.78. The summed E-state index contributed by atoms with van der Waals surface area (Å²) in [5.74, 6) is 0. The predicted octanol–water partition coefficient (Wildman–Crippen LogP) is 2.13. The van der Waals surface area contributed by atoms with Crippen LogP contribution < -0.4 is 0 Å². The highest BCUT2D eigenvalue weighted by Gasteiger charge is 2.16. The summed E-state index contributed by atoms with van der Waals surface area (Å²) in [5.41, 5.74) is 4.05. The Morgan fingerprint density at radius 1 is 1.47 bits per heavy atom. The van der Waals surface area contributed by atoms with E-state index < -0.39 is 0 Å². The number of fused-ring (bicyclic) bond motifs is 1. The number of nitriles is 1. The summed E-state index contributed by atoms with van der Waals surface area (Å²) in [7, 11) is 0. The molecule has 1 heterocycles. The van der Waals surface area contributed by atoms with Crippen LogP contribution in [0.5, 0.6) is 0 Å². The summed E-state index contributed by atoms with van der Waals surface area (Å²) in [5, 5.41) is 8.78. The number of hydrogen-bond acceptors (Lipinski definition) is 2. The van der Waals surface area contributed by atoms with Gasteiger partial charge in [-0.3, -0.25) is 4.90 Å². The van der Waals surface area contributed by atoms with Crippen molar-refractivity contribution in [3.05, 3.63) is 34.9 Å². The monoisotopic (exact) mass is 200 g/mol. The van der Waals surface area contributed by atoms with Gasteiger partial charge in [0.05, 0.1) is 12.5 Å². The zero-order valence-electron chi connectivity index (χ0n) is 9.16. The third kappa shape index (κ3) is 2.03. The predicted molar refractivity (Wildman–Crippen MR) is 60.4 cm³/mol. The maximum Gasteiger partial charge on any atom is 0.0669 e. The van der Waals surface area contributed by atoms with Crippen LogP contribution in [0.15, 0.2) is 18.2 Å². The van der Waals surface area contributed by atoms with Gasteiger partial charge < -0.3 is 0 Å². The van der Waals surface area contributed by atoms with Crippen LogP contribution in [0.1, 0.15) is 23.6 Å². The van der Waals surface area contributed by atoms with Gasteiger partial charge in [0.2, 0.25) is 0 Å². The molecule has 1 aromatic carbocycles. The second kappa shape index (κ2) is 4.46. The lowest BCUT2D eigenvalue weighted by Gasteiger charge is -2.28. The molecule has 0 aliphatic carbocycles. The van der Waals surface area contributed by atoms with Crippen LogP contribution in [-0.2, 0) is 19.4 Å². The molecule has 1 aliphatic rings. The molecular weight excluding hydrogens is 184 g/mol. The Balaban J connectivity index is 2.33. The number of hydrogen-bond donors (Lipinski definition) is 0. The highest BCUT2D eigenvalue weighted by molar-refractivity contribution is 5.38. The Morgan fingerprint density at radius 2 is 2.33 bits per heavy atom. The average Bonchev–Trinajstić information content (AvgIpc) is 2.29. The van der Waals surface area contributed by atoms with Crippen molar-refractivity contribution in [1.29, 1.82) is 5.26 Å². The third-order valence-corrected chi connectivity index (χ3v) is 3.17. The highest BCUT2D eigenvalue weighted by Crippen LogP contribution is 2.22. The molecule has 1 aromatic rings. The van der Waals surface area contributed by atoms with Crippen molar-refractivity contribution >= 4 is 0 Å². The summed E-state index contributed by atoms with van der Waals surface area (Å²) in [6.07, 6.45) is 1.67. The normalized spacial score (nSPS) is 15.7. The Labute approximate surface area is 91.1 Å². The second-order valence-corrected chi connectivity index (χ2v) is 4.01. The fourth-order valence-electron chi connectivity index (χ4n) is 2.23. The molecule has 1 aliphatic heterocycles. The Hall–Kier alpha value is -1.33. The molecule has 0 radical (unpaired) electrons. The topological polar surface area (TPSA) is 27.0 Å². The average molecular weight is 200 g/mol. The van der Waals surface area contributed by atoms with Crippen molar-refractivity contribution in [2.24, 2.45) is 0 Å². The first-order valence-corrected chi connectivity index (χ1v) is 5.54. The lowest BCUT2D eigenvalue weighted by atomic mass is 9.94.